The van der Waals surface area contributed by atoms with Crippen molar-refractivity contribution in [1.29, 1.82) is 0 Å². The first-order valence-electron chi connectivity index (χ1n) is 7.27. The van der Waals surface area contributed by atoms with E-state index in [1.165, 1.54) is 18.2 Å². The second kappa shape index (κ2) is 7.12. The standard InChI is InChI=1S/C18H13F2NO4/c1-23-13-8-4-12(5-9-13)16-21-15(17(22)25-16)10-11-2-6-14(7-3-11)24-18(19)20/h2-10,18H,1H3. The molecule has 7 heteroatoms. The number of carbonyl (C=O) groups excluding carboxylic acids is 1. The number of ether oxygens (including phenoxy) is 3. The summed E-state index contributed by atoms with van der Waals surface area (Å²) in [5, 5.41) is 0. The molecule has 0 amide bonds. The summed E-state index contributed by atoms with van der Waals surface area (Å²) in [6, 6.07) is 12.8. The summed E-state index contributed by atoms with van der Waals surface area (Å²) in [6.45, 7) is -2.88. The number of nitrogens with zero attached hydrogens (tertiary/aromatic N) is 1. The lowest BCUT2D eigenvalue weighted by molar-refractivity contribution is -0.129. The summed E-state index contributed by atoms with van der Waals surface area (Å²) in [6.07, 6.45) is 1.50. The number of alkyl halides is 2. The normalized spacial score (nSPS) is 15.3. The van der Waals surface area contributed by atoms with Crippen molar-refractivity contribution in [2.45, 2.75) is 6.61 Å². The van der Waals surface area contributed by atoms with Crippen LogP contribution < -0.4 is 9.47 Å². The molecule has 0 N–H and O–H groups in total. The molecule has 0 saturated carbocycles. The minimum atomic E-state index is -2.88. The van der Waals surface area contributed by atoms with Crippen LogP contribution in [-0.4, -0.2) is 25.6 Å². The van der Waals surface area contributed by atoms with Crippen LogP contribution >= 0.6 is 0 Å². The average Bonchev–Trinajstić information content (AvgIpc) is 2.97. The van der Waals surface area contributed by atoms with E-state index in [1.807, 2.05) is 0 Å². The van der Waals surface area contributed by atoms with Gasteiger partial charge in [0.05, 0.1) is 7.11 Å². The molecule has 0 saturated heterocycles. The van der Waals surface area contributed by atoms with Gasteiger partial charge in [0, 0.05) is 5.56 Å². The van der Waals surface area contributed by atoms with Gasteiger partial charge in [-0.2, -0.15) is 8.78 Å². The number of halogens is 2. The molecule has 2 aromatic rings. The first-order valence-corrected chi connectivity index (χ1v) is 7.27. The Hall–Kier alpha value is -3.22. The third-order valence-electron chi connectivity index (χ3n) is 3.37. The molecule has 1 aliphatic heterocycles. The molecule has 0 fully saturated rings. The maximum absolute atomic E-state index is 12.1. The van der Waals surface area contributed by atoms with Crippen molar-refractivity contribution in [3.63, 3.8) is 0 Å². The molecular weight excluding hydrogens is 332 g/mol. The zero-order valence-corrected chi connectivity index (χ0v) is 13.1. The van der Waals surface area contributed by atoms with Gasteiger partial charge >= 0.3 is 12.6 Å². The van der Waals surface area contributed by atoms with Crippen LogP contribution in [0.2, 0.25) is 0 Å². The van der Waals surface area contributed by atoms with Crippen LogP contribution in [0.1, 0.15) is 11.1 Å². The Morgan fingerprint density at radius 2 is 1.68 bits per heavy atom. The topological polar surface area (TPSA) is 57.1 Å². The van der Waals surface area contributed by atoms with Crippen LogP contribution in [0.15, 0.2) is 59.2 Å². The maximum atomic E-state index is 12.1. The zero-order valence-electron chi connectivity index (χ0n) is 13.1. The van der Waals surface area contributed by atoms with E-state index in [9.17, 15) is 13.6 Å². The number of hydrogen-bond acceptors (Lipinski definition) is 5. The molecule has 2 aromatic carbocycles. The SMILES string of the molecule is COc1ccc(C2=NC(=Cc3ccc(OC(F)F)cc3)C(=O)O2)cc1. The van der Waals surface area contributed by atoms with Crippen molar-refractivity contribution < 1.29 is 27.8 Å². The van der Waals surface area contributed by atoms with Gasteiger partial charge in [-0.25, -0.2) is 9.79 Å². The van der Waals surface area contributed by atoms with Gasteiger partial charge in [-0.3, -0.25) is 0 Å². The Labute approximate surface area is 142 Å². The molecule has 0 atom stereocenters. The summed E-state index contributed by atoms with van der Waals surface area (Å²) >= 11 is 0. The van der Waals surface area contributed by atoms with Crippen molar-refractivity contribution in [3.8, 4) is 11.5 Å². The van der Waals surface area contributed by atoms with E-state index in [1.54, 1.807) is 43.5 Å². The minimum Gasteiger partial charge on any atom is -0.497 e. The summed E-state index contributed by atoms with van der Waals surface area (Å²) in [5.74, 6) is 0.319. The Morgan fingerprint density at radius 1 is 1.04 bits per heavy atom. The summed E-state index contributed by atoms with van der Waals surface area (Å²) in [7, 11) is 1.56. The predicted octanol–water partition coefficient (Wildman–Crippen LogP) is 3.64. The lowest BCUT2D eigenvalue weighted by Crippen LogP contribution is -2.05. The molecule has 0 bridgehead atoms. The molecule has 1 heterocycles. The van der Waals surface area contributed by atoms with E-state index >= 15 is 0 Å². The van der Waals surface area contributed by atoms with E-state index in [4.69, 9.17) is 9.47 Å². The molecular formula is C18H13F2NO4. The monoisotopic (exact) mass is 345 g/mol. The Kier molecular flexibility index (Phi) is 4.74. The molecule has 0 aromatic heterocycles. The third-order valence-corrected chi connectivity index (χ3v) is 3.37. The van der Waals surface area contributed by atoms with Gasteiger partial charge in [-0.15, -0.1) is 0 Å². The predicted molar refractivity (Wildman–Crippen MR) is 86.7 cm³/mol. The van der Waals surface area contributed by atoms with E-state index in [0.29, 0.717) is 16.9 Å². The molecule has 0 unspecified atom stereocenters. The number of rotatable bonds is 5. The van der Waals surface area contributed by atoms with E-state index in [-0.39, 0.29) is 17.3 Å². The van der Waals surface area contributed by atoms with Crippen molar-refractivity contribution in [1.82, 2.24) is 0 Å². The highest BCUT2D eigenvalue weighted by molar-refractivity contribution is 6.12. The molecule has 0 aliphatic carbocycles. The Morgan fingerprint density at radius 3 is 2.28 bits per heavy atom. The fourth-order valence-corrected chi connectivity index (χ4v) is 2.17. The van der Waals surface area contributed by atoms with E-state index < -0.39 is 12.6 Å². The van der Waals surface area contributed by atoms with Gasteiger partial charge in [-0.05, 0) is 48.0 Å². The molecule has 128 valence electrons. The van der Waals surface area contributed by atoms with Crippen molar-refractivity contribution in [3.05, 3.63) is 65.4 Å². The highest BCUT2D eigenvalue weighted by Crippen LogP contribution is 2.22. The van der Waals surface area contributed by atoms with Crippen LogP contribution in [0.3, 0.4) is 0 Å². The quantitative estimate of drug-likeness (QED) is 0.613. The van der Waals surface area contributed by atoms with Crippen LogP contribution in [0.5, 0.6) is 11.5 Å². The number of hydrogen-bond donors (Lipinski definition) is 0. The van der Waals surface area contributed by atoms with Gasteiger partial charge in [-0.1, -0.05) is 12.1 Å². The minimum absolute atomic E-state index is 0.0357. The maximum Gasteiger partial charge on any atom is 0.387 e. The number of carbonyl (C=O) groups is 1. The second-order valence-corrected chi connectivity index (χ2v) is 5.01. The third kappa shape index (κ3) is 4.00. The molecule has 0 spiro atoms. The number of esters is 1. The largest absolute Gasteiger partial charge is 0.497 e. The van der Waals surface area contributed by atoms with Crippen LogP contribution in [0, 0.1) is 0 Å². The van der Waals surface area contributed by atoms with Crippen molar-refractivity contribution >= 4 is 17.9 Å². The summed E-state index contributed by atoms with van der Waals surface area (Å²) in [5.41, 5.74) is 1.36. The molecule has 3 rings (SSSR count). The van der Waals surface area contributed by atoms with Gasteiger partial charge in [0.2, 0.25) is 5.90 Å². The average molecular weight is 345 g/mol. The Balaban J connectivity index is 1.80. The molecule has 5 nitrogen and oxygen atoms in total. The van der Waals surface area contributed by atoms with E-state index in [2.05, 4.69) is 9.73 Å². The zero-order chi connectivity index (χ0) is 17.8. The lowest BCUT2D eigenvalue weighted by Gasteiger charge is -2.03. The second-order valence-electron chi connectivity index (χ2n) is 5.01. The Bertz CT molecular complexity index is 827. The molecule has 25 heavy (non-hydrogen) atoms. The number of methoxy groups -OCH3 is 1. The van der Waals surface area contributed by atoms with Gasteiger partial charge in [0.15, 0.2) is 5.70 Å². The van der Waals surface area contributed by atoms with Gasteiger partial charge < -0.3 is 14.2 Å². The first kappa shape index (κ1) is 16.6. The van der Waals surface area contributed by atoms with Crippen molar-refractivity contribution in [2.75, 3.05) is 7.11 Å². The highest BCUT2D eigenvalue weighted by atomic mass is 19.3. The first-order chi connectivity index (χ1) is 12.0. The van der Waals surface area contributed by atoms with Crippen LogP contribution in [0.4, 0.5) is 8.78 Å². The number of cyclic esters (lactones) is 1. The molecule has 1 aliphatic rings. The number of benzene rings is 2. The lowest BCUT2D eigenvalue weighted by atomic mass is 10.2. The molecule has 0 radical (unpaired) electrons. The summed E-state index contributed by atoms with van der Waals surface area (Å²) < 4.78 is 38.8. The highest BCUT2D eigenvalue weighted by Gasteiger charge is 2.24. The smallest absolute Gasteiger partial charge is 0.387 e. The fourth-order valence-electron chi connectivity index (χ4n) is 2.17. The van der Waals surface area contributed by atoms with Gasteiger partial charge in [0.25, 0.3) is 0 Å². The fraction of sp³-hybridized carbons (Fsp3) is 0.111. The van der Waals surface area contributed by atoms with E-state index in [0.717, 1.165) is 0 Å². The van der Waals surface area contributed by atoms with Crippen LogP contribution in [0.25, 0.3) is 6.08 Å². The van der Waals surface area contributed by atoms with Gasteiger partial charge in [0.1, 0.15) is 11.5 Å². The van der Waals surface area contributed by atoms with Crippen LogP contribution in [-0.2, 0) is 9.53 Å². The van der Waals surface area contributed by atoms with Crippen molar-refractivity contribution in [2.24, 2.45) is 4.99 Å². The summed E-state index contributed by atoms with van der Waals surface area (Å²) in [4.78, 5) is 16.1. The number of aliphatic imine (C=N–C) groups is 1.